The smallest absolute Gasteiger partial charge is 0.411 e. The molecule has 0 saturated carbocycles. The molecule has 0 aliphatic heterocycles. The zero-order chi connectivity index (χ0) is 12.8. The maximum Gasteiger partial charge on any atom is 0.411 e. The van der Waals surface area contributed by atoms with E-state index in [0.717, 1.165) is 15.5 Å². The Morgan fingerprint density at radius 2 is 1.71 bits per heavy atom. The maximum atomic E-state index is 11.3. The third kappa shape index (κ3) is 3.76. The molecule has 93 valence electrons. The van der Waals surface area contributed by atoms with E-state index < -0.39 is 6.09 Å². The molecular weight excluding hydrogens is 274 g/mol. The summed E-state index contributed by atoms with van der Waals surface area (Å²) >= 11 is 4.86. The monoisotopic (exact) mass is 288 g/mol. The predicted molar refractivity (Wildman–Crippen MR) is 77.2 cm³/mol. The van der Waals surface area contributed by atoms with Crippen LogP contribution in [0.15, 0.2) is 26.8 Å². The standard InChI is InChI=1S/C11H14NO2S3/c1-14-11(13)12-10-8(16-3)5-7(15-2)6-9(10)17-4/h5-6H,1H2,2-4H3,(H,12,13). The van der Waals surface area contributed by atoms with Crippen LogP contribution in [0, 0.1) is 7.11 Å². The number of benzene rings is 1. The van der Waals surface area contributed by atoms with Gasteiger partial charge in [-0.3, -0.25) is 5.32 Å². The van der Waals surface area contributed by atoms with Crippen molar-refractivity contribution in [2.45, 2.75) is 14.7 Å². The SMILES string of the molecule is [CH2]OC(=O)Nc1c(SC)cc(SC)cc1SC. The quantitative estimate of drug-likeness (QED) is 0.841. The number of amides is 1. The van der Waals surface area contributed by atoms with Crippen molar-refractivity contribution in [1.82, 2.24) is 0 Å². The highest BCUT2D eigenvalue weighted by Crippen LogP contribution is 2.38. The molecule has 0 atom stereocenters. The van der Waals surface area contributed by atoms with E-state index in [4.69, 9.17) is 0 Å². The molecule has 0 saturated heterocycles. The van der Waals surface area contributed by atoms with E-state index in [9.17, 15) is 4.79 Å². The van der Waals surface area contributed by atoms with Crippen molar-refractivity contribution in [3.63, 3.8) is 0 Å². The molecular formula is C11H14NO2S3. The summed E-state index contributed by atoms with van der Waals surface area (Å²) in [4.78, 5) is 14.5. The van der Waals surface area contributed by atoms with Crippen LogP contribution in [0.4, 0.5) is 10.5 Å². The summed E-state index contributed by atoms with van der Waals surface area (Å²) < 4.78 is 4.39. The number of carbonyl (C=O) groups excluding carboxylic acids is 1. The molecule has 3 nitrogen and oxygen atoms in total. The molecule has 1 radical (unpaired) electrons. The fourth-order valence-electron chi connectivity index (χ4n) is 1.27. The van der Waals surface area contributed by atoms with Crippen LogP contribution in [-0.4, -0.2) is 24.9 Å². The van der Waals surface area contributed by atoms with E-state index in [1.807, 2.05) is 30.9 Å². The number of ether oxygens (including phenoxy) is 1. The highest BCUT2D eigenvalue weighted by atomic mass is 32.2. The van der Waals surface area contributed by atoms with Gasteiger partial charge in [0, 0.05) is 14.7 Å². The fourth-order valence-corrected chi connectivity index (χ4v) is 3.17. The Kier molecular flexibility index (Phi) is 6.08. The second-order valence-electron chi connectivity index (χ2n) is 2.96. The summed E-state index contributed by atoms with van der Waals surface area (Å²) in [6, 6.07) is 4.10. The molecule has 0 aromatic heterocycles. The lowest BCUT2D eigenvalue weighted by Gasteiger charge is -2.14. The summed E-state index contributed by atoms with van der Waals surface area (Å²) in [5.74, 6) is 0. The first-order valence-corrected chi connectivity index (χ1v) is 8.36. The van der Waals surface area contributed by atoms with Crippen LogP contribution in [0.5, 0.6) is 0 Å². The molecule has 6 heteroatoms. The van der Waals surface area contributed by atoms with Gasteiger partial charge in [-0.25, -0.2) is 4.79 Å². The molecule has 1 amide bonds. The zero-order valence-electron chi connectivity index (χ0n) is 9.90. The minimum Gasteiger partial charge on any atom is -0.446 e. The first-order chi connectivity index (χ1) is 8.15. The average Bonchev–Trinajstić information content (AvgIpc) is 2.38. The van der Waals surface area contributed by atoms with Gasteiger partial charge in [-0.05, 0) is 30.9 Å². The molecule has 0 fully saturated rings. The number of nitrogens with one attached hydrogen (secondary N) is 1. The number of carbonyl (C=O) groups is 1. The van der Waals surface area contributed by atoms with Crippen LogP contribution in [0.2, 0.25) is 0 Å². The molecule has 0 aliphatic rings. The first-order valence-electron chi connectivity index (χ1n) is 4.69. The third-order valence-electron chi connectivity index (χ3n) is 2.07. The molecule has 0 unspecified atom stereocenters. The average molecular weight is 288 g/mol. The molecule has 1 N–H and O–H groups in total. The van der Waals surface area contributed by atoms with Gasteiger partial charge in [0.05, 0.1) is 5.69 Å². The molecule has 17 heavy (non-hydrogen) atoms. The van der Waals surface area contributed by atoms with Gasteiger partial charge >= 0.3 is 6.09 Å². The van der Waals surface area contributed by atoms with Crippen molar-refractivity contribution < 1.29 is 9.53 Å². The molecule has 0 bridgehead atoms. The van der Waals surface area contributed by atoms with Crippen molar-refractivity contribution in [3.8, 4) is 0 Å². The summed E-state index contributed by atoms with van der Waals surface area (Å²) in [5, 5.41) is 2.71. The van der Waals surface area contributed by atoms with Crippen LogP contribution in [0.3, 0.4) is 0 Å². The lowest BCUT2D eigenvalue weighted by molar-refractivity contribution is 0.199. The Labute approximate surface area is 114 Å². The fraction of sp³-hybridized carbons (Fsp3) is 0.273. The Hall–Kier alpha value is -0.460. The molecule has 1 aromatic carbocycles. The van der Waals surface area contributed by atoms with Gasteiger partial charge in [-0.1, -0.05) is 0 Å². The number of hydrogen-bond donors (Lipinski definition) is 1. The topological polar surface area (TPSA) is 38.3 Å². The van der Waals surface area contributed by atoms with Crippen molar-refractivity contribution in [1.29, 1.82) is 0 Å². The van der Waals surface area contributed by atoms with Crippen LogP contribution >= 0.6 is 35.3 Å². The van der Waals surface area contributed by atoms with Gasteiger partial charge in [-0.2, -0.15) is 0 Å². The van der Waals surface area contributed by atoms with E-state index in [-0.39, 0.29) is 0 Å². The van der Waals surface area contributed by atoms with Gasteiger partial charge < -0.3 is 4.74 Å². The van der Waals surface area contributed by atoms with Crippen molar-refractivity contribution in [3.05, 3.63) is 19.2 Å². The van der Waals surface area contributed by atoms with Gasteiger partial charge in [0.1, 0.15) is 7.11 Å². The predicted octanol–water partition coefficient (Wildman–Crippen LogP) is 4.19. The number of thioether (sulfide) groups is 3. The van der Waals surface area contributed by atoms with E-state index in [2.05, 4.69) is 17.2 Å². The highest BCUT2D eigenvalue weighted by molar-refractivity contribution is 8.00. The Morgan fingerprint density at radius 1 is 1.18 bits per heavy atom. The second kappa shape index (κ2) is 7.08. The number of hydrogen-bond acceptors (Lipinski definition) is 5. The Morgan fingerprint density at radius 3 is 2.06 bits per heavy atom. The second-order valence-corrected chi connectivity index (χ2v) is 5.54. The normalized spacial score (nSPS) is 10.1. The molecule has 1 rings (SSSR count). The van der Waals surface area contributed by atoms with Crippen LogP contribution < -0.4 is 5.32 Å². The van der Waals surface area contributed by atoms with Crippen LogP contribution in [0.1, 0.15) is 0 Å². The molecule has 1 aromatic rings. The lowest BCUT2D eigenvalue weighted by Crippen LogP contribution is -2.11. The van der Waals surface area contributed by atoms with Crippen molar-refractivity contribution in [2.24, 2.45) is 0 Å². The molecule has 0 spiro atoms. The Balaban J connectivity index is 3.19. The van der Waals surface area contributed by atoms with Crippen molar-refractivity contribution >= 4 is 47.1 Å². The number of rotatable bonds is 4. The molecule has 0 heterocycles. The van der Waals surface area contributed by atoms with Crippen molar-refractivity contribution in [2.75, 3.05) is 24.1 Å². The van der Waals surface area contributed by atoms with Crippen LogP contribution in [-0.2, 0) is 4.74 Å². The van der Waals surface area contributed by atoms with E-state index in [1.165, 1.54) is 4.90 Å². The van der Waals surface area contributed by atoms with Gasteiger partial charge in [0.15, 0.2) is 0 Å². The van der Waals surface area contributed by atoms with Gasteiger partial charge in [0.2, 0.25) is 0 Å². The largest absolute Gasteiger partial charge is 0.446 e. The Bertz CT molecular complexity index is 385. The number of anilines is 1. The van der Waals surface area contributed by atoms with Gasteiger partial charge in [0.25, 0.3) is 0 Å². The summed E-state index contributed by atoms with van der Waals surface area (Å²) in [5.41, 5.74) is 0.788. The van der Waals surface area contributed by atoms with Crippen LogP contribution in [0.25, 0.3) is 0 Å². The highest BCUT2D eigenvalue weighted by Gasteiger charge is 2.13. The van der Waals surface area contributed by atoms with E-state index >= 15 is 0 Å². The lowest BCUT2D eigenvalue weighted by atomic mass is 10.3. The zero-order valence-corrected chi connectivity index (χ0v) is 12.4. The molecule has 0 aliphatic carbocycles. The third-order valence-corrected chi connectivity index (χ3v) is 4.30. The maximum absolute atomic E-state index is 11.3. The van der Waals surface area contributed by atoms with E-state index in [0.29, 0.717) is 0 Å². The minimum atomic E-state index is -0.549. The summed E-state index contributed by atoms with van der Waals surface area (Å²) in [7, 11) is 3.10. The van der Waals surface area contributed by atoms with Gasteiger partial charge in [-0.15, -0.1) is 35.3 Å². The summed E-state index contributed by atoms with van der Waals surface area (Å²) in [6.07, 6.45) is 5.43. The van der Waals surface area contributed by atoms with E-state index in [1.54, 1.807) is 35.3 Å². The minimum absolute atomic E-state index is 0.549. The summed E-state index contributed by atoms with van der Waals surface area (Å²) in [6.45, 7) is 0. The first kappa shape index (κ1) is 14.6.